The van der Waals surface area contributed by atoms with Gasteiger partial charge < -0.3 is 20.1 Å². The summed E-state index contributed by atoms with van der Waals surface area (Å²) in [6, 6.07) is 5.56. The summed E-state index contributed by atoms with van der Waals surface area (Å²) in [6.45, 7) is 2.44. The number of carbonyl (C=O) groups excluding carboxylic acids is 1. The van der Waals surface area contributed by atoms with Crippen LogP contribution >= 0.6 is 0 Å². The van der Waals surface area contributed by atoms with E-state index in [1.807, 2.05) is 12.1 Å². The molecule has 0 aliphatic carbocycles. The zero-order chi connectivity index (χ0) is 13.2. The lowest BCUT2D eigenvalue weighted by Gasteiger charge is -2.31. The van der Waals surface area contributed by atoms with E-state index in [0.717, 1.165) is 25.1 Å². The molecule has 1 aromatic carbocycles. The van der Waals surface area contributed by atoms with E-state index in [4.69, 9.17) is 4.74 Å². The van der Waals surface area contributed by atoms with E-state index in [-0.39, 0.29) is 5.91 Å². The van der Waals surface area contributed by atoms with Gasteiger partial charge in [0.15, 0.2) is 5.75 Å². The van der Waals surface area contributed by atoms with E-state index in [0.29, 0.717) is 31.0 Å². The molecule has 0 saturated carbocycles. The van der Waals surface area contributed by atoms with E-state index < -0.39 is 6.10 Å². The molecule has 5 heteroatoms. The minimum absolute atomic E-state index is 0.0562. The van der Waals surface area contributed by atoms with Gasteiger partial charge in [-0.05, 0) is 25.0 Å². The lowest BCUT2D eigenvalue weighted by molar-refractivity contribution is 0.0470. The van der Waals surface area contributed by atoms with Crippen LogP contribution in [0.25, 0.3) is 0 Å². The number of carbonyl (C=O) groups is 1. The number of hydrogen-bond acceptors (Lipinski definition) is 4. The van der Waals surface area contributed by atoms with Crippen molar-refractivity contribution in [2.24, 2.45) is 0 Å². The smallest absolute Gasteiger partial charge is 0.257 e. The monoisotopic (exact) mass is 262 g/mol. The largest absolute Gasteiger partial charge is 0.489 e. The van der Waals surface area contributed by atoms with Crippen LogP contribution in [0.15, 0.2) is 18.2 Å². The number of piperidine rings is 1. The Morgan fingerprint density at radius 1 is 1.47 bits per heavy atom. The molecule has 0 aromatic heterocycles. The third kappa shape index (κ3) is 2.38. The highest BCUT2D eigenvalue weighted by atomic mass is 16.5. The number of anilines is 1. The fraction of sp³-hybridized carbons (Fsp3) is 0.500. The molecule has 0 radical (unpaired) electrons. The first-order chi connectivity index (χ1) is 9.25. The SMILES string of the molecule is O=C(c1cccc2c1OCCN2)N1CCC[C@H](O)C1. The summed E-state index contributed by atoms with van der Waals surface area (Å²) in [4.78, 5) is 14.2. The first-order valence-corrected chi connectivity index (χ1v) is 6.73. The third-order valence-corrected chi connectivity index (χ3v) is 3.59. The number of hydrogen-bond donors (Lipinski definition) is 2. The number of para-hydroxylation sites is 1. The Labute approximate surface area is 112 Å². The molecule has 5 nitrogen and oxygen atoms in total. The Bertz CT molecular complexity index is 490. The molecule has 2 aliphatic rings. The molecule has 102 valence electrons. The van der Waals surface area contributed by atoms with Crippen LogP contribution in [0.1, 0.15) is 23.2 Å². The summed E-state index contributed by atoms with van der Waals surface area (Å²) in [5, 5.41) is 12.9. The molecule has 0 spiro atoms. The van der Waals surface area contributed by atoms with Crippen LogP contribution in [0.2, 0.25) is 0 Å². The van der Waals surface area contributed by atoms with Crippen molar-refractivity contribution in [2.45, 2.75) is 18.9 Å². The predicted molar refractivity (Wildman–Crippen MR) is 71.6 cm³/mol. The number of ether oxygens (including phenoxy) is 1. The van der Waals surface area contributed by atoms with E-state index in [1.54, 1.807) is 11.0 Å². The van der Waals surface area contributed by atoms with Gasteiger partial charge in [0.25, 0.3) is 5.91 Å². The van der Waals surface area contributed by atoms with Gasteiger partial charge in [0.2, 0.25) is 0 Å². The molecule has 2 N–H and O–H groups in total. The topological polar surface area (TPSA) is 61.8 Å². The highest BCUT2D eigenvalue weighted by Crippen LogP contribution is 2.32. The van der Waals surface area contributed by atoms with Gasteiger partial charge in [-0.1, -0.05) is 6.07 Å². The standard InChI is InChI=1S/C14H18N2O3/c17-10-3-2-7-16(9-10)14(18)11-4-1-5-12-13(11)19-8-6-15-12/h1,4-5,10,15,17H,2-3,6-9H2/t10-/m0/s1. The molecular formula is C14H18N2O3. The van der Waals surface area contributed by atoms with Gasteiger partial charge in [-0.15, -0.1) is 0 Å². The minimum atomic E-state index is -0.406. The Kier molecular flexibility index (Phi) is 3.29. The highest BCUT2D eigenvalue weighted by molar-refractivity contribution is 5.99. The third-order valence-electron chi connectivity index (χ3n) is 3.59. The second-order valence-corrected chi connectivity index (χ2v) is 5.00. The predicted octanol–water partition coefficient (Wildman–Crippen LogP) is 1.09. The van der Waals surface area contributed by atoms with Gasteiger partial charge in [-0.25, -0.2) is 0 Å². The second kappa shape index (κ2) is 5.09. The van der Waals surface area contributed by atoms with Crippen LogP contribution in [0.4, 0.5) is 5.69 Å². The Morgan fingerprint density at radius 2 is 2.37 bits per heavy atom. The number of likely N-dealkylation sites (tertiary alicyclic amines) is 1. The van der Waals surface area contributed by atoms with Gasteiger partial charge >= 0.3 is 0 Å². The molecule has 1 amide bonds. The second-order valence-electron chi connectivity index (χ2n) is 5.00. The molecule has 1 fully saturated rings. The number of aliphatic hydroxyl groups is 1. The van der Waals surface area contributed by atoms with Crippen LogP contribution in [0, 0.1) is 0 Å². The normalized spacial score (nSPS) is 22.2. The Morgan fingerprint density at radius 3 is 3.21 bits per heavy atom. The maximum atomic E-state index is 12.5. The zero-order valence-corrected chi connectivity index (χ0v) is 10.8. The van der Waals surface area contributed by atoms with Crippen LogP contribution in [-0.4, -0.2) is 48.3 Å². The molecule has 19 heavy (non-hydrogen) atoms. The number of fused-ring (bicyclic) bond motifs is 1. The lowest BCUT2D eigenvalue weighted by Crippen LogP contribution is -2.42. The van der Waals surface area contributed by atoms with Gasteiger partial charge in [-0.3, -0.25) is 4.79 Å². The number of benzene rings is 1. The molecule has 0 unspecified atom stereocenters. The van der Waals surface area contributed by atoms with Crippen molar-refractivity contribution in [3.05, 3.63) is 23.8 Å². The molecular weight excluding hydrogens is 244 g/mol. The van der Waals surface area contributed by atoms with E-state index in [2.05, 4.69) is 5.32 Å². The summed E-state index contributed by atoms with van der Waals surface area (Å²) in [6.07, 6.45) is 1.21. The summed E-state index contributed by atoms with van der Waals surface area (Å²) in [7, 11) is 0. The number of nitrogens with one attached hydrogen (secondary N) is 1. The quantitative estimate of drug-likeness (QED) is 0.795. The maximum absolute atomic E-state index is 12.5. The maximum Gasteiger partial charge on any atom is 0.257 e. The van der Waals surface area contributed by atoms with Gasteiger partial charge in [0, 0.05) is 19.6 Å². The molecule has 1 atom stereocenters. The van der Waals surface area contributed by atoms with Gasteiger partial charge in [-0.2, -0.15) is 0 Å². The van der Waals surface area contributed by atoms with Crippen molar-refractivity contribution >= 4 is 11.6 Å². The van der Waals surface area contributed by atoms with Crippen LogP contribution in [0.3, 0.4) is 0 Å². The van der Waals surface area contributed by atoms with Crippen molar-refractivity contribution in [3.8, 4) is 5.75 Å². The minimum Gasteiger partial charge on any atom is -0.489 e. The molecule has 2 aliphatic heterocycles. The number of aliphatic hydroxyl groups excluding tert-OH is 1. The Balaban J connectivity index is 1.87. The van der Waals surface area contributed by atoms with Crippen molar-refractivity contribution in [2.75, 3.05) is 31.6 Å². The van der Waals surface area contributed by atoms with Crippen LogP contribution < -0.4 is 10.1 Å². The summed E-state index contributed by atoms with van der Waals surface area (Å²) >= 11 is 0. The fourth-order valence-corrected chi connectivity index (χ4v) is 2.65. The first kappa shape index (κ1) is 12.3. The average Bonchev–Trinajstić information content (AvgIpc) is 2.46. The molecule has 1 aromatic rings. The fourth-order valence-electron chi connectivity index (χ4n) is 2.65. The van der Waals surface area contributed by atoms with Gasteiger partial charge in [0.05, 0.1) is 17.4 Å². The summed E-state index contributed by atoms with van der Waals surface area (Å²) in [5.41, 5.74) is 1.45. The van der Waals surface area contributed by atoms with Crippen molar-refractivity contribution in [3.63, 3.8) is 0 Å². The molecule has 1 saturated heterocycles. The van der Waals surface area contributed by atoms with Crippen molar-refractivity contribution < 1.29 is 14.6 Å². The Hall–Kier alpha value is -1.75. The highest BCUT2D eigenvalue weighted by Gasteiger charge is 2.26. The molecule has 0 bridgehead atoms. The van der Waals surface area contributed by atoms with Crippen molar-refractivity contribution in [1.29, 1.82) is 0 Å². The molecule has 3 rings (SSSR count). The number of β-amino-alcohol motifs (C(OH)–C–C–N with tert-alkyl or cyclic N) is 1. The van der Waals surface area contributed by atoms with Crippen LogP contribution in [-0.2, 0) is 0 Å². The van der Waals surface area contributed by atoms with E-state index in [1.165, 1.54) is 0 Å². The average molecular weight is 262 g/mol. The van der Waals surface area contributed by atoms with E-state index in [9.17, 15) is 9.90 Å². The van der Waals surface area contributed by atoms with Crippen LogP contribution in [0.5, 0.6) is 5.75 Å². The summed E-state index contributed by atoms with van der Waals surface area (Å²) in [5.74, 6) is 0.582. The first-order valence-electron chi connectivity index (χ1n) is 6.73. The summed E-state index contributed by atoms with van der Waals surface area (Å²) < 4.78 is 5.62. The number of amides is 1. The number of rotatable bonds is 1. The zero-order valence-electron chi connectivity index (χ0n) is 10.8. The van der Waals surface area contributed by atoms with Crippen molar-refractivity contribution in [1.82, 2.24) is 4.90 Å². The molecule has 2 heterocycles. The van der Waals surface area contributed by atoms with E-state index >= 15 is 0 Å². The van der Waals surface area contributed by atoms with Gasteiger partial charge in [0.1, 0.15) is 6.61 Å². The lowest BCUT2D eigenvalue weighted by atomic mass is 10.1. The number of nitrogens with zero attached hydrogens (tertiary/aromatic N) is 1.